The number of benzene rings is 1. The second kappa shape index (κ2) is 6.54. The van der Waals surface area contributed by atoms with E-state index >= 15 is 0 Å². The van der Waals surface area contributed by atoms with Crippen molar-refractivity contribution in [2.75, 3.05) is 30.4 Å². The average molecular weight is 343 g/mol. The highest BCUT2D eigenvalue weighted by atomic mass is 19.1. The van der Waals surface area contributed by atoms with E-state index in [-0.39, 0.29) is 5.82 Å². The number of halogens is 1. The van der Waals surface area contributed by atoms with Crippen LogP contribution in [0.25, 0.3) is 11.1 Å². The molecule has 7 nitrogen and oxygen atoms in total. The molecule has 4 rings (SSSR count). The summed E-state index contributed by atoms with van der Waals surface area (Å²) in [4.78, 5) is 14.7. The fourth-order valence-corrected chi connectivity index (χ4v) is 2.98. The molecule has 0 aliphatic carbocycles. The van der Waals surface area contributed by atoms with E-state index < -0.39 is 0 Å². The van der Waals surface area contributed by atoms with Gasteiger partial charge in [-0.05, 0) is 25.0 Å². The second-order valence-electron chi connectivity index (χ2n) is 5.96. The predicted octanol–water partition coefficient (Wildman–Crippen LogP) is 2.85. The van der Waals surface area contributed by atoms with Gasteiger partial charge in [-0.25, -0.2) is 14.4 Å². The zero-order valence-corrected chi connectivity index (χ0v) is 13.8. The lowest BCUT2D eigenvalue weighted by Gasteiger charge is -2.31. The molecule has 0 amide bonds. The molecule has 1 N–H and O–H groups in total. The van der Waals surface area contributed by atoms with Gasteiger partial charge in [0.15, 0.2) is 5.58 Å². The van der Waals surface area contributed by atoms with Crippen molar-refractivity contribution in [1.29, 1.82) is 0 Å². The summed E-state index contributed by atoms with van der Waals surface area (Å²) < 4.78 is 24.1. The molecule has 3 heterocycles. The summed E-state index contributed by atoms with van der Waals surface area (Å²) in [6.45, 7) is 1.60. The lowest BCUT2D eigenvalue weighted by atomic mass is 10.1. The van der Waals surface area contributed by atoms with Gasteiger partial charge in [0.05, 0.1) is 7.11 Å². The fraction of sp³-hybridized carbons (Fsp3) is 0.353. The van der Waals surface area contributed by atoms with Crippen molar-refractivity contribution in [3.63, 3.8) is 0 Å². The molecule has 0 bridgehead atoms. The van der Waals surface area contributed by atoms with Crippen LogP contribution in [-0.2, 0) is 0 Å². The van der Waals surface area contributed by atoms with Crippen LogP contribution < -0.4 is 15.0 Å². The Morgan fingerprint density at radius 1 is 1.24 bits per heavy atom. The largest absolute Gasteiger partial charge is 0.481 e. The lowest BCUT2D eigenvalue weighted by molar-refractivity contribution is 0.397. The van der Waals surface area contributed by atoms with Gasteiger partial charge >= 0.3 is 0 Å². The van der Waals surface area contributed by atoms with Crippen LogP contribution in [0.4, 0.5) is 16.2 Å². The molecule has 25 heavy (non-hydrogen) atoms. The monoisotopic (exact) mass is 343 g/mol. The second-order valence-corrected chi connectivity index (χ2v) is 5.96. The number of methoxy groups -OCH3 is 1. The Labute approximate surface area is 143 Å². The molecule has 0 saturated carbocycles. The molecular weight excluding hydrogens is 325 g/mol. The van der Waals surface area contributed by atoms with Gasteiger partial charge in [-0.3, -0.25) is 0 Å². The highest BCUT2D eigenvalue weighted by molar-refractivity contribution is 5.74. The van der Waals surface area contributed by atoms with E-state index in [1.54, 1.807) is 19.2 Å². The van der Waals surface area contributed by atoms with Crippen LogP contribution in [-0.4, -0.2) is 41.2 Å². The minimum absolute atomic E-state index is 0.303. The maximum absolute atomic E-state index is 13.3. The third kappa shape index (κ3) is 3.33. The number of aromatic nitrogens is 3. The Balaban J connectivity index is 1.40. The first kappa shape index (κ1) is 15.6. The van der Waals surface area contributed by atoms with Crippen LogP contribution in [0.3, 0.4) is 0 Å². The molecular formula is C17H18FN5O2. The van der Waals surface area contributed by atoms with Crippen LogP contribution in [0.5, 0.6) is 5.88 Å². The molecule has 0 radical (unpaired) electrons. The van der Waals surface area contributed by atoms with Crippen molar-refractivity contribution >= 4 is 22.9 Å². The number of piperidine rings is 1. The van der Waals surface area contributed by atoms with Gasteiger partial charge in [-0.1, -0.05) is 0 Å². The molecule has 1 saturated heterocycles. The Morgan fingerprint density at radius 2 is 2.08 bits per heavy atom. The number of oxazole rings is 1. The smallest absolute Gasteiger partial charge is 0.298 e. The van der Waals surface area contributed by atoms with Gasteiger partial charge in [0.25, 0.3) is 6.01 Å². The number of ether oxygens (including phenoxy) is 1. The van der Waals surface area contributed by atoms with Crippen LogP contribution in [0.1, 0.15) is 12.8 Å². The van der Waals surface area contributed by atoms with Gasteiger partial charge in [0.2, 0.25) is 5.88 Å². The maximum atomic E-state index is 13.3. The summed E-state index contributed by atoms with van der Waals surface area (Å²) in [7, 11) is 1.58. The molecule has 1 aromatic carbocycles. The van der Waals surface area contributed by atoms with Crippen molar-refractivity contribution < 1.29 is 13.5 Å². The van der Waals surface area contributed by atoms with Crippen LogP contribution in [0.15, 0.2) is 35.0 Å². The molecule has 0 atom stereocenters. The topological polar surface area (TPSA) is 76.3 Å². The third-order valence-electron chi connectivity index (χ3n) is 4.31. The number of rotatable bonds is 4. The summed E-state index contributed by atoms with van der Waals surface area (Å²) in [6.07, 6.45) is 3.31. The van der Waals surface area contributed by atoms with E-state index in [0.29, 0.717) is 29.0 Å². The molecule has 1 aliphatic heterocycles. The zero-order valence-electron chi connectivity index (χ0n) is 13.8. The normalized spacial score (nSPS) is 15.5. The van der Waals surface area contributed by atoms with Crippen LogP contribution >= 0.6 is 0 Å². The lowest BCUT2D eigenvalue weighted by Crippen LogP contribution is -2.39. The van der Waals surface area contributed by atoms with Crippen molar-refractivity contribution in [2.45, 2.75) is 18.9 Å². The number of fused-ring (bicyclic) bond motifs is 1. The van der Waals surface area contributed by atoms with Crippen molar-refractivity contribution in [3.8, 4) is 5.88 Å². The van der Waals surface area contributed by atoms with E-state index in [2.05, 4.69) is 25.2 Å². The molecule has 1 aliphatic rings. The molecule has 2 aromatic heterocycles. The summed E-state index contributed by atoms with van der Waals surface area (Å²) in [5.41, 5.74) is 1.15. The minimum Gasteiger partial charge on any atom is -0.481 e. The Hall–Kier alpha value is -2.90. The van der Waals surface area contributed by atoms with E-state index in [9.17, 15) is 4.39 Å². The quantitative estimate of drug-likeness (QED) is 0.780. The van der Waals surface area contributed by atoms with Crippen LogP contribution in [0.2, 0.25) is 0 Å². The Bertz CT molecular complexity index is 876. The highest BCUT2D eigenvalue weighted by Crippen LogP contribution is 2.26. The molecule has 8 heteroatoms. The number of nitrogens with zero attached hydrogens (tertiary/aromatic N) is 4. The number of hydrogen-bond donors (Lipinski definition) is 1. The standard InChI is InChI=1S/C17H18FN5O2/c1-24-16-9-15(19-10-20-16)21-12-4-6-23(7-5-12)17-22-13-3-2-11(18)8-14(13)25-17/h2-3,8-10,12H,4-7H2,1H3,(H,19,20,21). The molecule has 1 fully saturated rings. The fourth-order valence-electron chi connectivity index (χ4n) is 2.98. The van der Waals surface area contributed by atoms with E-state index in [0.717, 1.165) is 31.7 Å². The van der Waals surface area contributed by atoms with Gasteiger partial charge in [-0.15, -0.1) is 0 Å². The van der Waals surface area contributed by atoms with Crippen LogP contribution in [0, 0.1) is 5.82 Å². The summed E-state index contributed by atoms with van der Waals surface area (Å²) in [6, 6.07) is 7.01. The minimum atomic E-state index is -0.321. The summed E-state index contributed by atoms with van der Waals surface area (Å²) >= 11 is 0. The van der Waals surface area contributed by atoms with Gasteiger partial charge in [0.1, 0.15) is 23.5 Å². The van der Waals surface area contributed by atoms with Crippen molar-refractivity contribution in [3.05, 3.63) is 36.4 Å². The van der Waals surface area contributed by atoms with Gasteiger partial charge in [0, 0.05) is 31.3 Å². The number of anilines is 2. The van der Waals surface area contributed by atoms with E-state index in [1.165, 1.54) is 18.5 Å². The van der Waals surface area contributed by atoms with Gasteiger partial charge in [-0.2, -0.15) is 4.98 Å². The molecule has 0 unspecified atom stereocenters. The summed E-state index contributed by atoms with van der Waals surface area (Å²) in [5, 5.41) is 3.40. The number of nitrogens with one attached hydrogen (secondary N) is 1. The highest BCUT2D eigenvalue weighted by Gasteiger charge is 2.23. The third-order valence-corrected chi connectivity index (χ3v) is 4.31. The predicted molar refractivity (Wildman–Crippen MR) is 91.4 cm³/mol. The first-order valence-corrected chi connectivity index (χ1v) is 8.15. The van der Waals surface area contributed by atoms with Gasteiger partial charge < -0.3 is 19.4 Å². The SMILES string of the molecule is COc1cc(NC2CCN(c3nc4ccc(F)cc4o3)CC2)ncn1. The van der Waals surface area contributed by atoms with Crippen molar-refractivity contribution in [1.82, 2.24) is 15.0 Å². The first-order valence-electron chi connectivity index (χ1n) is 8.15. The first-order chi connectivity index (χ1) is 12.2. The Morgan fingerprint density at radius 3 is 2.88 bits per heavy atom. The molecule has 0 spiro atoms. The average Bonchev–Trinajstić information content (AvgIpc) is 3.05. The molecule has 3 aromatic rings. The maximum Gasteiger partial charge on any atom is 0.298 e. The van der Waals surface area contributed by atoms with Crippen molar-refractivity contribution in [2.24, 2.45) is 0 Å². The summed E-state index contributed by atoms with van der Waals surface area (Å²) in [5.74, 6) is 0.967. The zero-order chi connectivity index (χ0) is 17.2. The number of hydrogen-bond acceptors (Lipinski definition) is 7. The Kier molecular flexibility index (Phi) is 4.09. The van der Waals surface area contributed by atoms with E-state index in [1.807, 2.05) is 0 Å². The molecule has 130 valence electrons. The van der Waals surface area contributed by atoms with E-state index in [4.69, 9.17) is 9.15 Å².